The Bertz CT molecular complexity index is 174. The van der Waals surface area contributed by atoms with E-state index in [9.17, 15) is 0 Å². The monoisotopic (exact) mass is 197 g/mol. The molecule has 0 aromatic rings. The van der Waals surface area contributed by atoms with Crippen LogP contribution in [0.5, 0.6) is 0 Å². The Morgan fingerprint density at radius 3 is 2.43 bits per heavy atom. The van der Waals surface area contributed by atoms with Gasteiger partial charge in [-0.2, -0.15) is 0 Å². The second kappa shape index (κ2) is 4.65. The van der Waals surface area contributed by atoms with Crippen LogP contribution in [-0.2, 0) is 0 Å². The molecule has 1 rings (SSSR count). The maximum atomic E-state index is 3.82. The highest BCUT2D eigenvalue weighted by atomic mass is 15.0. The standard InChI is InChI=1S/C13H27N/c1-6-10(2)11(3)14-12-8-7-9-13(12,4)5/h10-12,14H,6-9H2,1-5H3. The summed E-state index contributed by atoms with van der Waals surface area (Å²) in [7, 11) is 0. The number of nitrogens with one attached hydrogen (secondary N) is 1. The topological polar surface area (TPSA) is 12.0 Å². The molecule has 0 aliphatic heterocycles. The molecular weight excluding hydrogens is 170 g/mol. The van der Waals surface area contributed by atoms with Crippen molar-refractivity contribution >= 4 is 0 Å². The number of rotatable bonds is 4. The summed E-state index contributed by atoms with van der Waals surface area (Å²) in [6.07, 6.45) is 5.44. The molecule has 0 aromatic heterocycles. The molecule has 3 atom stereocenters. The third-order valence-corrected chi connectivity index (χ3v) is 4.22. The summed E-state index contributed by atoms with van der Waals surface area (Å²) in [6.45, 7) is 11.8. The van der Waals surface area contributed by atoms with Crippen LogP contribution < -0.4 is 5.32 Å². The predicted molar refractivity (Wildman–Crippen MR) is 63.5 cm³/mol. The van der Waals surface area contributed by atoms with Gasteiger partial charge >= 0.3 is 0 Å². The quantitative estimate of drug-likeness (QED) is 0.726. The van der Waals surface area contributed by atoms with E-state index in [2.05, 4.69) is 39.9 Å². The van der Waals surface area contributed by atoms with Crippen molar-refractivity contribution < 1.29 is 0 Å². The minimum absolute atomic E-state index is 0.516. The zero-order chi connectivity index (χ0) is 10.8. The number of hydrogen-bond acceptors (Lipinski definition) is 1. The summed E-state index contributed by atoms with van der Waals surface area (Å²) in [5, 5.41) is 3.82. The molecule has 1 aliphatic carbocycles. The smallest absolute Gasteiger partial charge is 0.0121 e. The van der Waals surface area contributed by atoms with E-state index < -0.39 is 0 Å². The maximum Gasteiger partial charge on any atom is 0.0121 e. The molecule has 84 valence electrons. The van der Waals surface area contributed by atoms with Gasteiger partial charge in [0.25, 0.3) is 0 Å². The van der Waals surface area contributed by atoms with Gasteiger partial charge in [0, 0.05) is 12.1 Å². The largest absolute Gasteiger partial charge is 0.311 e. The van der Waals surface area contributed by atoms with Crippen LogP contribution in [0.2, 0.25) is 0 Å². The van der Waals surface area contributed by atoms with Crippen molar-refractivity contribution in [3.05, 3.63) is 0 Å². The average molecular weight is 197 g/mol. The van der Waals surface area contributed by atoms with Crippen LogP contribution in [0.4, 0.5) is 0 Å². The second-order valence-electron chi connectivity index (χ2n) is 5.77. The first kappa shape index (κ1) is 12.0. The lowest BCUT2D eigenvalue weighted by molar-refractivity contribution is 0.240. The van der Waals surface area contributed by atoms with Gasteiger partial charge in [0.1, 0.15) is 0 Å². The molecule has 1 fully saturated rings. The summed E-state index contributed by atoms with van der Waals surface area (Å²) >= 11 is 0. The van der Waals surface area contributed by atoms with Crippen molar-refractivity contribution in [3.8, 4) is 0 Å². The average Bonchev–Trinajstić information content (AvgIpc) is 2.44. The van der Waals surface area contributed by atoms with Crippen molar-refractivity contribution in [2.45, 2.75) is 72.4 Å². The van der Waals surface area contributed by atoms with Crippen LogP contribution in [-0.4, -0.2) is 12.1 Å². The van der Waals surface area contributed by atoms with Crippen LogP contribution in [0.3, 0.4) is 0 Å². The lowest BCUT2D eigenvalue weighted by Gasteiger charge is -2.32. The van der Waals surface area contributed by atoms with Crippen LogP contribution in [0.15, 0.2) is 0 Å². The van der Waals surface area contributed by atoms with Gasteiger partial charge in [-0.1, -0.05) is 40.5 Å². The molecule has 0 bridgehead atoms. The van der Waals surface area contributed by atoms with Crippen molar-refractivity contribution in [3.63, 3.8) is 0 Å². The van der Waals surface area contributed by atoms with Gasteiger partial charge in [-0.3, -0.25) is 0 Å². The fourth-order valence-corrected chi connectivity index (χ4v) is 2.47. The number of hydrogen-bond donors (Lipinski definition) is 1. The summed E-state index contributed by atoms with van der Waals surface area (Å²) in [4.78, 5) is 0. The SMILES string of the molecule is CCC(C)C(C)NC1CCCC1(C)C. The summed E-state index contributed by atoms with van der Waals surface area (Å²) in [6, 6.07) is 1.41. The van der Waals surface area contributed by atoms with Gasteiger partial charge in [0.2, 0.25) is 0 Å². The lowest BCUT2D eigenvalue weighted by atomic mass is 9.86. The van der Waals surface area contributed by atoms with Gasteiger partial charge < -0.3 is 5.32 Å². The van der Waals surface area contributed by atoms with E-state index in [0.29, 0.717) is 11.5 Å². The molecule has 0 saturated heterocycles. The Morgan fingerprint density at radius 2 is 2.00 bits per heavy atom. The van der Waals surface area contributed by atoms with Gasteiger partial charge in [-0.25, -0.2) is 0 Å². The molecule has 3 unspecified atom stereocenters. The fourth-order valence-electron chi connectivity index (χ4n) is 2.47. The van der Waals surface area contributed by atoms with Crippen molar-refractivity contribution in [2.75, 3.05) is 0 Å². The molecule has 0 heterocycles. The van der Waals surface area contributed by atoms with Crippen LogP contribution in [0.1, 0.15) is 60.3 Å². The van der Waals surface area contributed by atoms with E-state index >= 15 is 0 Å². The predicted octanol–water partition coefficient (Wildman–Crippen LogP) is 3.59. The first-order valence-corrected chi connectivity index (χ1v) is 6.23. The molecule has 0 amide bonds. The molecule has 0 spiro atoms. The minimum Gasteiger partial charge on any atom is -0.311 e. The van der Waals surface area contributed by atoms with Gasteiger partial charge in [-0.15, -0.1) is 0 Å². The van der Waals surface area contributed by atoms with Gasteiger partial charge in [-0.05, 0) is 31.1 Å². The third-order valence-electron chi connectivity index (χ3n) is 4.22. The first-order valence-electron chi connectivity index (χ1n) is 6.23. The summed E-state index contributed by atoms with van der Waals surface area (Å²) in [5.74, 6) is 0.798. The van der Waals surface area contributed by atoms with Crippen molar-refractivity contribution in [2.24, 2.45) is 11.3 Å². The highest BCUT2D eigenvalue weighted by Crippen LogP contribution is 2.37. The lowest BCUT2D eigenvalue weighted by Crippen LogP contribution is -2.45. The summed E-state index contributed by atoms with van der Waals surface area (Å²) < 4.78 is 0. The second-order valence-corrected chi connectivity index (χ2v) is 5.77. The fraction of sp³-hybridized carbons (Fsp3) is 1.00. The van der Waals surface area contributed by atoms with E-state index in [1.165, 1.54) is 25.7 Å². The zero-order valence-corrected chi connectivity index (χ0v) is 10.6. The van der Waals surface area contributed by atoms with Crippen LogP contribution in [0, 0.1) is 11.3 Å². The molecule has 14 heavy (non-hydrogen) atoms. The Labute approximate surface area is 89.7 Å². The van der Waals surface area contributed by atoms with E-state index in [1.807, 2.05) is 0 Å². The van der Waals surface area contributed by atoms with E-state index in [0.717, 1.165) is 12.0 Å². The van der Waals surface area contributed by atoms with Crippen LogP contribution in [0.25, 0.3) is 0 Å². The highest BCUT2D eigenvalue weighted by molar-refractivity contribution is 4.91. The Kier molecular flexibility index (Phi) is 4.00. The maximum absolute atomic E-state index is 3.82. The van der Waals surface area contributed by atoms with Gasteiger partial charge in [0.15, 0.2) is 0 Å². The Morgan fingerprint density at radius 1 is 1.36 bits per heavy atom. The third kappa shape index (κ3) is 2.73. The normalized spacial score (nSPS) is 30.2. The molecule has 0 aromatic carbocycles. The molecule has 0 radical (unpaired) electrons. The van der Waals surface area contributed by atoms with E-state index in [-0.39, 0.29) is 0 Å². The van der Waals surface area contributed by atoms with Crippen molar-refractivity contribution in [1.82, 2.24) is 5.32 Å². The molecule has 1 aliphatic rings. The Balaban J connectivity index is 2.44. The van der Waals surface area contributed by atoms with Gasteiger partial charge in [0.05, 0.1) is 0 Å². The molecule has 1 heteroatoms. The van der Waals surface area contributed by atoms with Crippen molar-refractivity contribution in [1.29, 1.82) is 0 Å². The molecule has 1 saturated carbocycles. The highest BCUT2D eigenvalue weighted by Gasteiger charge is 2.35. The molecule has 1 nitrogen and oxygen atoms in total. The molecule has 1 N–H and O–H groups in total. The van der Waals surface area contributed by atoms with E-state index in [4.69, 9.17) is 0 Å². The first-order chi connectivity index (χ1) is 6.47. The summed E-state index contributed by atoms with van der Waals surface area (Å²) in [5.41, 5.74) is 0.516. The van der Waals surface area contributed by atoms with E-state index in [1.54, 1.807) is 0 Å². The minimum atomic E-state index is 0.516. The zero-order valence-electron chi connectivity index (χ0n) is 10.6. The molecular formula is C13H27N. The van der Waals surface area contributed by atoms with Crippen LogP contribution >= 0.6 is 0 Å². The Hall–Kier alpha value is -0.0400.